The molecule has 48 heavy (non-hydrogen) atoms. The highest BCUT2D eigenvalue weighted by Gasteiger charge is 2.16. The second kappa shape index (κ2) is 11.4. The molecule has 226 valence electrons. The lowest BCUT2D eigenvalue weighted by Gasteiger charge is -2.10. The Morgan fingerprint density at radius 2 is 0.896 bits per heavy atom. The average Bonchev–Trinajstić information content (AvgIpc) is 3.55. The van der Waals surface area contributed by atoms with Crippen LogP contribution in [0.3, 0.4) is 0 Å². The van der Waals surface area contributed by atoms with Crippen LogP contribution in [0.5, 0.6) is 0 Å². The molecule has 0 atom stereocenters. The van der Waals surface area contributed by atoms with Crippen molar-refractivity contribution in [3.05, 3.63) is 163 Å². The molecule has 0 N–H and O–H groups in total. The molecule has 0 radical (unpaired) electrons. The van der Waals surface area contributed by atoms with E-state index in [0.717, 1.165) is 66.3 Å². The molecule has 2 heterocycles. The van der Waals surface area contributed by atoms with Crippen molar-refractivity contribution < 1.29 is 4.42 Å². The molecule has 0 saturated heterocycles. The molecular weight excluding hydrogens is 587 g/mol. The van der Waals surface area contributed by atoms with E-state index >= 15 is 0 Å². The molecule has 0 aliphatic rings. The first-order valence-corrected chi connectivity index (χ1v) is 16.1. The summed E-state index contributed by atoms with van der Waals surface area (Å²) in [7, 11) is 0. The predicted octanol–water partition coefficient (Wildman–Crippen LogP) is 11.6. The lowest BCUT2D eigenvalue weighted by Crippen LogP contribution is -2.00. The number of aryl methyl sites for hydroxylation is 1. The van der Waals surface area contributed by atoms with E-state index in [-0.39, 0.29) is 0 Å². The van der Waals surface area contributed by atoms with Gasteiger partial charge in [-0.2, -0.15) is 0 Å². The first-order valence-electron chi connectivity index (χ1n) is 16.1. The SMILES string of the molecule is Cc1cccc2c1oc1c(-c3ccc(-c4nc(-c5ccc(-c6ccccc6)cc5)nc(-c5ccc6ccccc6c5)n4)cc3)cccc12. The van der Waals surface area contributed by atoms with E-state index in [4.69, 9.17) is 19.4 Å². The highest BCUT2D eigenvalue weighted by molar-refractivity contribution is 6.10. The lowest BCUT2D eigenvalue weighted by molar-refractivity contribution is 0.667. The van der Waals surface area contributed by atoms with Crippen molar-refractivity contribution in [3.8, 4) is 56.4 Å². The third-order valence-corrected chi connectivity index (χ3v) is 9.07. The molecule has 0 unspecified atom stereocenters. The van der Waals surface area contributed by atoms with Gasteiger partial charge in [-0.25, -0.2) is 15.0 Å². The van der Waals surface area contributed by atoms with E-state index in [0.29, 0.717) is 17.5 Å². The number of hydrogen-bond acceptors (Lipinski definition) is 4. The Bertz CT molecular complexity index is 2600. The number of furan rings is 1. The van der Waals surface area contributed by atoms with E-state index in [1.165, 1.54) is 10.9 Å². The van der Waals surface area contributed by atoms with Gasteiger partial charge in [0.1, 0.15) is 11.2 Å². The normalized spacial score (nSPS) is 11.4. The molecule has 2 aromatic heterocycles. The molecule has 0 saturated carbocycles. The number of aromatic nitrogens is 3. The number of benzene rings is 7. The van der Waals surface area contributed by atoms with Gasteiger partial charge in [0.15, 0.2) is 17.5 Å². The van der Waals surface area contributed by atoms with E-state index < -0.39 is 0 Å². The van der Waals surface area contributed by atoms with Crippen LogP contribution in [0.1, 0.15) is 5.56 Å². The van der Waals surface area contributed by atoms with Gasteiger partial charge in [-0.05, 0) is 46.0 Å². The molecule has 4 nitrogen and oxygen atoms in total. The maximum absolute atomic E-state index is 6.45. The van der Waals surface area contributed by atoms with Gasteiger partial charge >= 0.3 is 0 Å². The summed E-state index contributed by atoms with van der Waals surface area (Å²) < 4.78 is 6.45. The fourth-order valence-corrected chi connectivity index (χ4v) is 6.52. The number of hydrogen-bond donors (Lipinski definition) is 0. The highest BCUT2D eigenvalue weighted by Crippen LogP contribution is 2.37. The van der Waals surface area contributed by atoms with Crippen molar-refractivity contribution in [1.82, 2.24) is 15.0 Å². The fourth-order valence-electron chi connectivity index (χ4n) is 6.52. The lowest BCUT2D eigenvalue weighted by atomic mass is 10.0. The minimum atomic E-state index is 0.624. The molecule has 0 amide bonds. The first-order chi connectivity index (χ1) is 23.7. The highest BCUT2D eigenvalue weighted by atomic mass is 16.3. The Morgan fingerprint density at radius 1 is 0.375 bits per heavy atom. The summed E-state index contributed by atoms with van der Waals surface area (Å²) in [5.74, 6) is 1.90. The number of rotatable bonds is 5. The Balaban J connectivity index is 1.14. The molecule has 0 aliphatic heterocycles. The molecular formula is C44H29N3O. The molecule has 0 fully saturated rings. The number of fused-ring (bicyclic) bond motifs is 4. The summed E-state index contributed by atoms with van der Waals surface area (Å²) in [6, 6.07) is 54.6. The molecule has 0 spiro atoms. The van der Waals surface area contributed by atoms with E-state index in [2.05, 4.69) is 159 Å². The molecule has 4 heteroatoms. The zero-order chi connectivity index (χ0) is 32.0. The van der Waals surface area contributed by atoms with Crippen molar-refractivity contribution in [2.75, 3.05) is 0 Å². The topological polar surface area (TPSA) is 51.8 Å². The van der Waals surface area contributed by atoms with Crippen LogP contribution in [0, 0.1) is 6.92 Å². The largest absolute Gasteiger partial charge is 0.455 e. The quantitative estimate of drug-likeness (QED) is 0.193. The van der Waals surface area contributed by atoms with E-state index in [1.807, 2.05) is 6.07 Å². The second-order valence-corrected chi connectivity index (χ2v) is 12.1. The molecule has 7 aromatic carbocycles. The van der Waals surface area contributed by atoms with Crippen molar-refractivity contribution >= 4 is 32.7 Å². The zero-order valence-corrected chi connectivity index (χ0v) is 26.3. The molecule has 0 bridgehead atoms. The Kier molecular flexibility index (Phi) is 6.65. The van der Waals surface area contributed by atoms with Crippen LogP contribution >= 0.6 is 0 Å². The fraction of sp³-hybridized carbons (Fsp3) is 0.0227. The minimum absolute atomic E-state index is 0.624. The van der Waals surface area contributed by atoms with E-state index in [9.17, 15) is 0 Å². The van der Waals surface area contributed by atoms with Crippen LogP contribution in [0.25, 0.3) is 89.1 Å². The Morgan fingerprint density at radius 3 is 1.60 bits per heavy atom. The summed E-state index contributed by atoms with van der Waals surface area (Å²) in [5.41, 5.74) is 10.2. The maximum atomic E-state index is 6.45. The third-order valence-electron chi connectivity index (χ3n) is 9.07. The van der Waals surface area contributed by atoms with Crippen LogP contribution < -0.4 is 0 Å². The monoisotopic (exact) mass is 615 g/mol. The molecule has 0 aliphatic carbocycles. The van der Waals surface area contributed by atoms with Gasteiger partial charge in [0.05, 0.1) is 0 Å². The Labute approximate surface area is 278 Å². The van der Waals surface area contributed by atoms with Crippen LogP contribution in [-0.2, 0) is 0 Å². The number of para-hydroxylation sites is 2. The van der Waals surface area contributed by atoms with Crippen LogP contribution in [-0.4, -0.2) is 15.0 Å². The van der Waals surface area contributed by atoms with Crippen molar-refractivity contribution in [3.63, 3.8) is 0 Å². The van der Waals surface area contributed by atoms with Crippen LogP contribution in [0.15, 0.2) is 162 Å². The molecule has 9 rings (SSSR count). The minimum Gasteiger partial charge on any atom is -0.455 e. The third kappa shape index (κ3) is 4.91. The standard InChI is InChI=1S/C44H29N3O/c1-28-9-7-15-38-39-16-8-14-37(41(39)48-40(28)38)32-20-24-34(25-21-32)43-45-42(33-22-17-31(18-23-33)29-10-3-2-4-11-29)46-44(47-43)36-26-19-30-12-5-6-13-35(30)27-36/h2-27H,1H3. The summed E-state index contributed by atoms with van der Waals surface area (Å²) in [4.78, 5) is 15.0. The average molecular weight is 616 g/mol. The van der Waals surface area contributed by atoms with Gasteiger partial charge < -0.3 is 4.42 Å². The van der Waals surface area contributed by atoms with Gasteiger partial charge in [0.25, 0.3) is 0 Å². The Hall–Kier alpha value is -6.39. The van der Waals surface area contributed by atoms with Crippen molar-refractivity contribution in [2.45, 2.75) is 6.92 Å². The van der Waals surface area contributed by atoms with Gasteiger partial charge in [-0.3, -0.25) is 0 Å². The summed E-state index contributed by atoms with van der Waals surface area (Å²) >= 11 is 0. The maximum Gasteiger partial charge on any atom is 0.164 e. The van der Waals surface area contributed by atoms with Gasteiger partial charge in [-0.1, -0.05) is 152 Å². The second-order valence-electron chi connectivity index (χ2n) is 12.1. The smallest absolute Gasteiger partial charge is 0.164 e. The van der Waals surface area contributed by atoms with Gasteiger partial charge in [0.2, 0.25) is 0 Å². The summed E-state index contributed by atoms with van der Waals surface area (Å²) in [6.45, 7) is 2.09. The predicted molar refractivity (Wildman–Crippen MR) is 197 cm³/mol. The van der Waals surface area contributed by atoms with Gasteiger partial charge in [0, 0.05) is 33.0 Å². The number of nitrogens with zero attached hydrogens (tertiary/aromatic N) is 3. The van der Waals surface area contributed by atoms with Crippen molar-refractivity contribution in [2.24, 2.45) is 0 Å². The van der Waals surface area contributed by atoms with Crippen LogP contribution in [0.4, 0.5) is 0 Å². The van der Waals surface area contributed by atoms with Crippen LogP contribution in [0.2, 0.25) is 0 Å². The summed E-state index contributed by atoms with van der Waals surface area (Å²) in [5, 5.41) is 4.58. The molecule has 9 aromatic rings. The first kappa shape index (κ1) is 27.9. The van der Waals surface area contributed by atoms with Gasteiger partial charge in [-0.15, -0.1) is 0 Å². The van der Waals surface area contributed by atoms with Crippen molar-refractivity contribution in [1.29, 1.82) is 0 Å². The summed E-state index contributed by atoms with van der Waals surface area (Å²) in [6.07, 6.45) is 0. The zero-order valence-electron chi connectivity index (χ0n) is 26.3. The van der Waals surface area contributed by atoms with E-state index in [1.54, 1.807) is 0 Å².